The summed E-state index contributed by atoms with van der Waals surface area (Å²) in [6.07, 6.45) is 3.07. The average Bonchev–Trinajstić information content (AvgIpc) is 2.83. The van der Waals surface area contributed by atoms with Crippen LogP contribution in [0.4, 0.5) is 4.39 Å². The van der Waals surface area contributed by atoms with Gasteiger partial charge < -0.3 is 10.3 Å². The minimum absolute atomic E-state index is 0.242. The Kier molecular flexibility index (Phi) is 4.36. The molecule has 0 aliphatic heterocycles. The molecule has 0 aliphatic rings. The van der Waals surface area contributed by atoms with Gasteiger partial charge in [0.25, 0.3) is 0 Å². The normalized spacial score (nSPS) is 11.2. The van der Waals surface area contributed by atoms with Gasteiger partial charge in [-0.2, -0.15) is 0 Å². The Morgan fingerprint density at radius 1 is 1.23 bits per heavy atom. The summed E-state index contributed by atoms with van der Waals surface area (Å²) in [5, 5.41) is 0.560. The van der Waals surface area contributed by atoms with Gasteiger partial charge in [0, 0.05) is 19.2 Å². The molecule has 0 saturated heterocycles. The molecule has 22 heavy (non-hydrogen) atoms. The van der Waals surface area contributed by atoms with E-state index in [9.17, 15) is 4.39 Å². The fraction of sp³-hybridized carbons (Fsp3) is 0.250. The Morgan fingerprint density at radius 2 is 2.00 bits per heavy atom. The molecule has 3 rings (SSSR count). The van der Waals surface area contributed by atoms with E-state index >= 15 is 0 Å². The highest BCUT2D eigenvalue weighted by Gasteiger charge is 2.12. The first kappa shape index (κ1) is 14.9. The lowest BCUT2D eigenvalue weighted by molar-refractivity contribution is 0.625. The van der Waals surface area contributed by atoms with Crippen LogP contribution in [0.25, 0.3) is 11.2 Å². The third-order valence-corrected chi connectivity index (χ3v) is 3.70. The van der Waals surface area contributed by atoms with Crippen LogP contribution in [-0.4, -0.2) is 21.1 Å². The standard InChI is InChI=1S/C16H16ClFN4/c17-12-9-14-16(20-10-12)22(7-1-6-19)15(21-14)8-11-2-4-13(18)5-3-11/h2-5,9-10H,1,6-8,19H2. The monoisotopic (exact) mass is 318 g/mol. The summed E-state index contributed by atoms with van der Waals surface area (Å²) < 4.78 is 15.1. The van der Waals surface area contributed by atoms with Gasteiger partial charge in [0.15, 0.2) is 5.65 Å². The molecule has 1 aromatic carbocycles. The van der Waals surface area contributed by atoms with E-state index in [0.717, 1.165) is 35.5 Å². The largest absolute Gasteiger partial charge is 0.330 e. The number of halogens is 2. The molecule has 2 N–H and O–H groups in total. The van der Waals surface area contributed by atoms with Crippen molar-refractivity contribution in [2.24, 2.45) is 5.73 Å². The predicted molar refractivity (Wildman–Crippen MR) is 85.4 cm³/mol. The van der Waals surface area contributed by atoms with Crippen molar-refractivity contribution in [3.05, 3.63) is 58.8 Å². The van der Waals surface area contributed by atoms with E-state index in [4.69, 9.17) is 17.3 Å². The molecule has 0 saturated carbocycles. The molecule has 0 aliphatic carbocycles. The molecule has 0 fully saturated rings. The molecule has 6 heteroatoms. The molecule has 0 radical (unpaired) electrons. The average molecular weight is 319 g/mol. The van der Waals surface area contributed by atoms with Crippen molar-refractivity contribution >= 4 is 22.8 Å². The number of imidazole rings is 1. The number of aryl methyl sites for hydroxylation is 1. The minimum Gasteiger partial charge on any atom is -0.330 e. The number of nitrogens with two attached hydrogens (primary N) is 1. The zero-order chi connectivity index (χ0) is 15.5. The molecule has 0 unspecified atom stereocenters. The highest BCUT2D eigenvalue weighted by molar-refractivity contribution is 6.31. The van der Waals surface area contributed by atoms with Gasteiger partial charge in [-0.15, -0.1) is 0 Å². The summed E-state index contributed by atoms with van der Waals surface area (Å²) in [4.78, 5) is 9.00. The Labute approximate surface area is 132 Å². The lowest BCUT2D eigenvalue weighted by Crippen LogP contribution is -2.09. The van der Waals surface area contributed by atoms with E-state index in [0.29, 0.717) is 18.0 Å². The molecular formula is C16H16ClFN4. The van der Waals surface area contributed by atoms with E-state index < -0.39 is 0 Å². The van der Waals surface area contributed by atoms with Crippen LogP contribution < -0.4 is 5.73 Å². The van der Waals surface area contributed by atoms with Crippen LogP contribution in [0.1, 0.15) is 17.8 Å². The second-order valence-corrected chi connectivity index (χ2v) is 5.56. The van der Waals surface area contributed by atoms with Crippen molar-refractivity contribution in [3.63, 3.8) is 0 Å². The maximum absolute atomic E-state index is 13.0. The van der Waals surface area contributed by atoms with Crippen molar-refractivity contribution in [2.45, 2.75) is 19.4 Å². The van der Waals surface area contributed by atoms with Crippen molar-refractivity contribution in [2.75, 3.05) is 6.54 Å². The van der Waals surface area contributed by atoms with Gasteiger partial charge >= 0.3 is 0 Å². The van der Waals surface area contributed by atoms with Gasteiger partial charge in [0.05, 0.1) is 5.02 Å². The quantitative estimate of drug-likeness (QED) is 0.786. The molecular weight excluding hydrogens is 303 g/mol. The van der Waals surface area contributed by atoms with Crippen LogP contribution in [0.15, 0.2) is 36.5 Å². The number of rotatable bonds is 5. The number of nitrogens with zero attached hydrogens (tertiary/aromatic N) is 3. The molecule has 114 valence electrons. The number of aromatic nitrogens is 3. The van der Waals surface area contributed by atoms with Gasteiger partial charge in [-0.3, -0.25) is 0 Å². The molecule has 0 spiro atoms. The second-order valence-electron chi connectivity index (χ2n) is 5.12. The summed E-state index contributed by atoms with van der Waals surface area (Å²) in [6.45, 7) is 1.35. The molecule has 0 atom stereocenters. The van der Waals surface area contributed by atoms with Gasteiger partial charge in [0.1, 0.15) is 17.2 Å². The van der Waals surface area contributed by atoms with Crippen LogP contribution in [0.3, 0.4) is 0 Å². The van der Waals surface area contributed by atoms with Gasteiger partial charge in [-0.1, -0.05) is 23.7 Å². The maximum atomic E-state index is 13.0. The topological polar surface area (TPSA) is 56.7 Å². The van der Waals surface area contributed by atoms with E-state index in [1.54, 1.807) is 24.4 Å². The number of pyridine rings is 1. The Hall–Kier alpha value is -1.98. The van der Waals surface area contributed by atoms with E-state index in [-0.39, 0.29) is 5.82 Å². The fourth-order valence-electron chi connectivity index (χ4n) is 2.44. The van der Waals surface area contributed by atoms with E-state index in [1.165, 1.54) is 12.1 Å². The van der Waals surface area contributed by atoms with Crippen LogP contribution in [0.5, 0.6) is 0 Å². The van der Waals surface area contributed by atoms with Gasteiger partial charge in [0.2, 0.25) is 0 Å². The summed E-state index contributed by atoms with van der Waals surface area (Å²) in [5.41, 5.74) is 8.18. The van der Waals surface area contributed by atoms with E-state index in [2.05, 4.69) is 14.5 Å². The van der Waals surface area contributed by atoms with Crippen molar-refractivity contribution in [1.82, 2.24) is 14.5 Å². The molecule has 2 aromatic heterocycles. The number of benzene rings is 1. The van der Waals surface area contributed by atoms with Gasteiger partial charge in [-0.25, -0.2) is 14.4 Å². The molecule has 0 bridgehead atoms. The lowest BCUT2D eigenvalue weighted by atomic mass is 10.1. The predicted octanol–water partition coefficient (Wildman–Crippen LogP) is 3.16. The van der Waals surface area contributed by atoms with Crippen molar-refractivity contribution in [1.29, 1.82) is 0 Å². The zero-order valence-corrected chi connectivity index (χ0v) is 12.7. The highest BCUT2D eigenvalue weighted by Crippen LogP contribution is 2.20. The number of hydrogen-bond donors (Lipinski definition) is 1. The third-order valence-electron chi connectivity index (χ3n) is 3.49. The maximum Gasteiger partial charge on any atom is 0.160 e. The first-order chi connectivity index (χ1) is 10.7. The van der Waals surface area contributed by atoms with Crippen LogP contribution in [-0.2, 0) is 13.0 Å². The third kappa shape index (κ3) is 3.10. The fourth-order valence-corrected chi connectivity index (χ4v) is 2.59. The van der Waals surface area contributed by atoms with Crippen molar-refractivity contribution in [3.8, 4) is 0 Å². The first-order valence-corrected chi connectivity index (χ1v) is 7.50. The smallest absolute Gasteiger partial charge is 0.160 e. The highest BCUT2D eigenvalue weighted by atomic mass is 35.5. The molecule has 3 aromatic rings. The SMILES string of the molecule is NCCCn1c(Cc2ccc(F)cc2)nc2cc(Cl)cnc21. The number of fused-ring (bicyclic) bond motifs is 1. The molecule has 4 nitrogen and oxygen atoms in total. The first-order valence-electron chi connectivity index (χ1n) is 7.12. The summed E-state index contributed by atoms with van der Waals surface area (Å²) >= 11 is 5.99. The summed E-state index contributed by atoms with van der Waals surface area (Å²) in [7, 11) is 0. The summed E-state index contributed by atoms with van der Waals surface area (Å²) in [6, 6.07) is 8.25. The molecule has 2 heterocycles. The number of hydrogen-bond acceptors (Lipinski definition) is 3. The second kappa shape index (κ2) is 6.42. The van der Waals surface area contributed by atoms with E-state index in [1.807, 2.05) is 0 Å². The van der Waals surface area contributed by atoms with Crippen LogP contribution in [0.2, 0.25) is 5.02 Å². The zero-order valence-electron chi connectivity index (χ0n) is 12.0. The van der Waals surface area contributed by atoms with Crippen molar-refractivity contribution < 1.29 is 4.39 Å². The minimum atomic E-state index is -0.242. The molecule has 0 amide bonds. The Morgan fingerprint density at radius 3 is 2.73 bits per heavy atom. The van der Waals surface area contributed by atoms with Crippen LogP contribution >= 0.6 is 11.6 Å². The Balaban J connectivity index is 2.00. The van der Waals surface area contributed by atoms with Crippen LogP contribution in [0, 0.1) is 5.82 Å². The Bertz CT molecular complexity index is 783. The lowest BCUT2D eigenvalue weighted by Gasteiger charge is -2.08. The van der Waals surface area contributed by atoms with Gasteiger partial charge in [-0.05, 0) is 36.7 Å². The summed E-state index contributed by atoms with van der Waals surface area (Å²) in [5.74, 6) is 0.638.